The fourth-order valence-corrected chi connectivity index (χ4v) is 7.83. The third-order valence-electron chi connectivity index (χ3n) is 9.97. The molecule has 232 valence electrons. The first-order valence-electron chi connectivity index (χ1n) is 16.7. The average Bonchev–Trinajstić information content (AvgIpc) is 3.83. The Bertz CT molecular complexity index is 2960. The number of fused-ring (bicyclic) bond motifs is 9. The zero-order valence-corrected chi connectivity index (χ0v) is 26.7. The summed E-state index contributed by atoms with van der Waals surface area (Å²) in [6.07, 6.45) is 1.88. The van der Waals surface area contributed by atoms with Crippen molar-refractivity contribution in [3.05, 3.63) is 158 Å². The fourth-order valence-electron chi connectivity index (χ4n) is 7.83. The van der Waals surface area contributed by atoms with Gasteiger partial charge in [0.15, 0.2) is 11.6 Å². The Labute approximate surface area is 285 Å². The van der Waals surface area contributed by atoms with Gasteiger partial charge < -0.3 is 0 Å². The summed E-state index contributed by atoms with van der Waals surface area (Å²) in [7, 11) is 0. The molecule has 0 aliphatic rings. The lowest BCUT2D eigenvalue weighted by molar-refractivity contribution is 0.953. The quantitative estimate of drug-likeness (QED) is 0.192. The number of para-hydroxylation sites is 3. The SMILES string of the molecule is c1ccc(-c2nc(-c3ccccc3-c3cc4c5ccccc5n5c6ncccc6c(c3)c45)nc(-n3c4ccccc4c4ccccc43)n2)cc1. The highest BCUT2D eigenvalue weighted by molar-refractivity contribution is 6.24. The van der Waals surface area contributed by atoms with Crippen LogP contribution in [0.4, 0.5) is 0 Å². The lowest BCUT2D eigenvalue weighted by Crippen LogP contribution is -2.06. The van der Waals surface area contributed by atoms with E-state index in [0.29, 0.717) is 17.6 Å². The summed E-state index contributed by atoms with van der Waals surface area (Å²) in [5.41, 5.74) is 9.45. The third kappa shape index (κ3) is 3.78. The standard InChI is InChI=1S/C44H26N6/c1-2-13-27(14-3-1)41-46-42(48-44(47-41)49-37-21-9-6-16-30(37)31-17-7-10-22-38(31)49)33-19-5-4-15-29(33)28-25-35-32-18-8-11-23-39(32)50-40(35)36(26-28)34-20-12-24-45-43(34)50/h1-26H. The minimum absolute atomic E-state index is 0.582. The Hall–Kier alpha value is -6.92. The molecule has 11 aromatic rings. The summed E-state index contributed by atoms with van der Waals surface area (Å²) in [4.78, 5) is 20.4. The van der Waals surface area contributed by atoms with E-state index in [0.717, 1.165) is 60.6 Å². The first kappa shape index (κ1) is 27.1. The van der Waals surface area contributed by atoms with Gasteiger partial charge in [0.2, 0.25) is 5.95 Å². The maximum absolute atomic E-state index is 5.28. The van der Waals surface area contributed by atoms with Gasteiger partial charge in [-0.1, -0.05) is 109 Å². The summed E-state index contributed by atoms with van der Waals surface area (Å²) in [5.74, 6) is 1.82. The highest BCUT2D eigenvalue weighted by atomic mass is 15.2. The predicted octanol–water partition coefficient (Wildman–Crippen LogP) is 10.5. The maximum Gasteiger partial charge on any atom is 0.238 e. The number of hydrogen-bond acceptors (Lipinski definition) is 4. The van der Waals surface area contributed by atoms with Crippen LogP contribution in [0, 0.1) is 0 Å². The van der Waals surface area contributed by atoms with Crippen molar-refractivity contribution in [1.82, 2.24) is 28.9 Å². The highest BCUT2D eigenvalue weighted by Gasteiger charge is 2.22. The first-order chi connectivity index (χ1) is 24.8. The Morgan fingerprint density at radius 1 is 0.400 bits per heavy atom. The van der Waals surface area contributed by atoms with Gasteiger partial charge in [-0.05, 0) is 53.6 Å². The average molecular weight is 639 g/mol. The second kappa shape index (κ2) is 10.3. The van der Waals surface area contributed by atoms with Crippen LogP contribution in [-0.2, 0) is 0 Å². The van der Waals surface area contributed by atoms with E-state index in [-0.39, 0.29) is 0 Å². The van der Waals surface area contributed by atoms with Crippen LogP contribution in [0.3, 0.4) is 0 Å². The zero-order valence-electron chi connectivity index (χ0n) is 26.7. The molecule has 0 spiro atoms. The van der Waals surface area contributed by atoms with Crippen molar-refractivity contribution in [3.63, 3.8) is 0 Å². The van der Waals surface area contributed by atoms with E-state index < -0.39 is 0 Å². The van der Waals surface area contributed by atoms with Gasteiger partial charge in [0.05, 0.1) is 22.1 Å². The van der Waals surface area contributed by atoms with Crippen molar-refractivity contribution in [3.8, 4) is 39.9 Å². The van der Waals surface area contributed by atoms with Gasteiger partial charge in [-0.3, -0.25) is 8.97 Å². The molecule has 50 heavy (non-hydrogen) atoms. The molecule has 6 nitrogen and oxygen atoms in total. The van der Waals surface area contributed by atoms with E-state index >= 15 is 0 Å². The summed E-state index contributed by atoms with van der Waals surface area (Å²) in [6.45, 7) is 0. The van der Waals surface area contributed by atoms with Crippen LogP contribution < -0.4 is 0 Å². The lowest BCUT2D eigenvalue weighted by Gasteiger charge is -2.13. The molecule has 0 atom stereocenters. The molecule has 11 rings (SSSR count). The number of pyridine rings is 1. The van der Waals surface area contributed by atoms with E-state index in [2.05, 4.69) is 136 Å². The Morgan fingerprint density at radius 3 is 1.70 bits per heavy atom. The summed E-state index contributed by atoms with van der Waals surface area (Å²) < 4.78 is 4.47. The van der Waals surface area contributed by atoms with Crippen LogP contribution in [-0.4, -0.2) is 28.9 Å². The van der Waals surface area contributed by atoms with E-state index in [1.807, 2.05) is 30.5 Å². The molecule has 0 aliphatic carbocycles. The molecule has 0 saturated carbocycles. The zero-order chi connectivity index (χ0) is 32.8. The largest absolute Gasteiger partial charge is 0.293 e. The van der Waals surface area contributed by atoms with Crippen LogP contribution in [0.25, 0.3) is 99.9 Å². The van der Waals surface area contributed by atoms with Crippen LogP contribution in [0.5, 0.6) is 0 Å². The molecule has 6 aromatic carbocycles. The van der Waals surface area contributed by atoms with Crippen LogP contribution >= 0.6 is 0 Å². The summed E-state index contributed by atoms with van der Waals surface area (Å²) in [6, 6.07) is 52.9. The van der Waals surface area contributed by atoms with Crippen LogP contribution in [0.2, 0.25) is 0 Å². The normalized spacial score (nSPS) is 12.0. The smallest absolute Gasteiger partial charge is 0.238 e. The molecular weight excluding hydrogens is 613 g/mol. The molecule has 0 saturated heterocycles. The lowest BCUT2D eigenvalue weighted by atomic mass is 9.95. The number of benzene rings is 6. The molecule has 0 N–H and O–H groups in total. The molecule has 0 fully saturated rings. The third-order valence-corrected chi connectivity index (χ3v) is 9.97. The van der Waals surface area contributed by atoms with E-state index in [9.17, 15) is 0 Å². The second-order valence-corrected chi connectivity index (χ2v) is 12.7. The van der Waals surface area contributed by atoms with Gasteiger partial charge in [-0.25, -0.2) is 9.97 Å². The summed E-state index contributed by atoms with van der Waals surface area (Å²) >= 11 is 0. The maximum atomic E-state index is 5.28. The molecule has 0 unspecified atom stereocenters. The molecule has 6 heteroatoms. The Morgan fingerprint density at radius 2 is 0.960 bits per heavy atom. The van der Waals surface area contributed by atoms with Gasteiger partial charge in [0.1, 0.15) is 5.65 Å². The molecule has 5 heterocycles. The number of nitrogens with zero attached hydrogens (tertiary/aromatic N) is 6. The van der Waals surface area contributed by atoms with E-state index in [4.69, 9.17) is 19.9 Å². The van der Waals surface area contributed by atoms with Crippen LogP contribution in [0.1, 0.15) is 0 Å². The van der Waals surface area contributed by atoms with Crippen molar-refractivity contribution in [2.75, 3.05) is 0 Å². The molecular formula is C44H26N6. The Kier molecular flexibility index (Phi) is 5.57. The highest BCUT2D eigenvalue weighted by Crippen LogP contribution is 2.43. The minimum Gasteiger partial charge on any atom is -0.293 e. The molecule has 0 amide bonds. The van der Waals surface area contributed by atoms with Crippen molar-refractivity contribution < 1.29 is 0 Å². The first-order valence-corrected chi connectivity index (χ1v) is 16.7. The molecule has 0 radical (unpaired) electrons. The van der Waals surface area contributed by atoms with Crippen molar-refractivity contribution in [2.24, 2.45) is 0 Å². The Balaban J connectivity index is 1.20. The molecule has 0 bridgehead atoms. The monoisotopic (exact) mass is 638 g/mol. The number of hydrogen-bond donors (Lipinski definition) is 0. The van der Waals surface area contributed by atoms with Crippen molar-refractivity contribution >= 4 is 60.0 Å². The van der Waals surface area contributed by atoms with Gasteiger partial charge in [0.25, 0.3) is 0 Å². The predicted molar refractivity (Wildman–Crippen MR) is 203 cm³/mol. The van der Waals surface area contributed by atoms with Gasteiger partial charge in [-0.2, -0.15) is 9.97 Å². The number of aromatic nitrogens is 6. The van der Waals surface area contributed by atoms with E-state index in [1.165, 1.54) is 21.7 Å². The minimum atomic E-state index is 0.582. The van der Waals surface area contributed by atoms with E-state index in [1.54, 1.807) is 0 Å². The van der Waals surface area contributed by atoms with Gasteiger partial charge >= 0.3 is 0 Å². The van der Waals surface area contributed by atoms with Crippen molar-refractivity contribution in [1.29, 1.82) is 0 Å². The summed E-state index contributed by atoms with van der Waals surface area (Å²) in [5, 5.41) is 7.04. The number of rotatable bonds is 4. The van der Waals surface area contributed by atoms with Gasteiger partial charge in [0, 0.05) is 49.6 Å². The van der Waals surface area contributed by atoms with Crippen LogP contribution in [0.15, 0.2) is 158 Å². The molecule has 5 aromatic heterocycles. The van der Waals surface area contributed by atoms with Crippen molar-refractivity contribution in [2.45, 2.75) is 0 Å². The van der Waals surface area contributed by atoms with Gasteiger partial charge in [-0.15, -0.1) is 0 Å². The topological polar surface area (TPSA) is 60.9 Å². The molecule has 0 aliphatic heterocycles. The second-order valence-electron chi connectivity index (χ2n) is 12.7. The fraction of sp³-hybridized carbons (Fsp3) is 0.